The Balaban J connectivity index is 1.68. The predicted octanol–water partition coefficient (Wildman–Crippen LogP) is 3.36. The summed E-state index contributed by atoms with van der Waals surface area (Å²) in [5.74, 6) is -0.168. The summed E-state index contributed by atoms with van der Waals surface area (Å²) in [6, 6.07) is 9.18. The molecule has 3 heterocycles. The third-order valence-electron chi connectivity index (χ3n) is 4.74. The van der Waals surface area contributed by atoms with E-state index in [1.54, 1.807) is 17.7 Å². The Morgan fingerprint density at radius 2 is 2.15 bits per heavy atom. The van der Waals surface area contributed by atoms with Gasteiger partial charge in [-0.25, -0.2) is 13.1 Å². The number of thiophene rings is 1. The third-order valence-corrected chi connectivity index (χ3v) is 7.99. The van der Waals surface area contributed by atoms with Crippen LogP contribution in [0.3, 0.4) is 0 Å². The van der Waals surface area contributed by atoms with E-state index in [1.807, 2.05) is 31.2 Å². The molecule has 1 aromatic carbocycles. The van der Waals surface area contributed by atoms with Crippen LogP contribution < -0.4 is 5.32 Å². The van der Waals surface area contributed by atoms with Gasteiger partial charge in [-0.3, -0.25) is 4.79 Å². The molecule has 9 heteroatoms. The summed E-state index contributed by atoms with van der Waals surface area (Å²) in [7, 11) is -3.09. The number of nitrogens with zero attached hydrogens (tertiary/aromatic N) is 2. The van der Waals surface area contributed by atoms with Crippen LogP contribution in [0, 0.1) is 6.92 Å². The van der Waals surface area contributed by atoms with Crippen molar-refractivity contribution in [1.29, 1.82) is 0 Å². The third kappa shape index (κ3) is 3.49. The normalized spacial score (nSPS) is 21.6. The number of aromatic nitrogens is 2. The number of carbonyl (C=O) groups is 1. The molecular weight excluding hydrogens is 406 g/mol. The number of nitrogens with one attached hydrogen (secondary N) is 1. The second-order valence-electron chi connectivity index (χ2n) is 7.16. The van der Waals surface area contributed by atoms with E-state index < -0.39 is 15.4 Å². The number of hydrogen-bond donors (Lipinski definition) is 1. The van der Waals surface area contributed by atoms with Crippen molar-refractivity contribution in [2.45, 2.75) is 25.8 Å². The van der Waals surface area contributed by atoms with E-state index in [9.17, 15) is 13.2 Å². The summed E-state index contributed by atoms with van der Waals surface area (Å²) in [5.41, 5.74) is 0.915. The van der Waals surface area contributed by atoms with E-state index in [0.717, 1.165) is 21.6 Å². The van der Waals surface area contributed by atoms with Crippen LogP contribution in [0.2, 0.25) is 5.02 Å². The van der Waals surface area contributed by atoms with Crippen molar-refractivity contribution in [2.75, 3.05) is 11.5 Å². The van der Waals surface area contributed by atoms with Gasteiger partial charge in [0.2, 0.25) is 0 Å². The van der Waals surface area contributed by atoms with Crippen LogP contribution in [-0.2, 0) is 9.84 Å². The molecule has 0 saturated carbocycles. The molecule has 1 aliphatic rings. The average molecular weight is 424 g/mol. The number of rotatable bonds is 3. The van der Waals surface area contributed by atoms with Crippen LogP contribution in [0.25, 0.3) is 15.9 Å². The summed E-state index contributed by atoms with van der Waals surface area (Å²) in [6.07, 6.45) is 0.432. The molecule has 1 aliphatic heterocycles. The molecule has 1 N–H and O–H groups in total. The summed E-state index contributed by atoms with van der Waals surface area (Å²) in [5, 5.41) is 8.97. The molecule has 0 radical (unpaired) electrons. The van der Waals surface area contributed by atoms with Gasteiger partial charge in [0.15, 0.2) is 9.84 Å². The second kappa shape index (κ2) is 6.32. The highest BCUT2D eigenvalue weighted by atomic mass is 35.5. The highest BCUT2D eigenvalue weighted by Gasteiger charge is 2.39. The van der Waals surface area contributed by atoms with E-state index in [2.05, 4.69) is 10.4 Å². The van der Waals surface area contributed by atoms with Crippen LogP contribution in [0.4, 0.5) is 0 Å². The van der Waals surface area contributed by atoms with Crippen molar-refractivity contribution in [3.8, 4) is 5.69 Å². The maximum absolute atomic E-state index is 12.8. The molecule has 3 aromatic rings. The van der Waals surface area contributed by atoms with Crippen molar-refractivity contribution in [2.24, 2.45) is 0 Å². The minimum absolute atomic E-state index is 0.0219. The van der Waals surface area contributed by atoms with Gasteiger partial charge in [-0.2, -0.15) is 5.10 Å². The fraction of sp³-hybridized carbons (Fsp3) is 0.333. The lowest BCUT2D eigenvalue weighted by molar-refractivity contribution is 0.0919. The predicted molar refractivity (Wildman–Crippen MR) is 108 cm³/mol. The van der Waals surface area contributed by atoms with Gasteiger partial charge in [-0.05, 0) is 44.5 Å². The molecule has 4 rings (SSSR count). The lowest BCUT2D eigenvalue weighted by atomic mass is 10.0. The van der Waals surface area contributed by atoms with Crippen molar-refractivity contribution >= 4 is 48.9 Å². The number of halogens is 1. The molecule has 1 saturated heterocycles. The quantitative estimate of drug-likeness (QED) is 0.700. The van der Waals surface area contributed by atoms with Gasteiger partial charge in [0.1, 0.15) is 4.83 Å². The first-order valence-corrected chi connectivity index (χ1v) is 11.5. The van der Waals surface area contributed by atoms with Crippen LogP contribution in [-0.4, -0.2) is 41.2 Å². The van der Waals surface area contributed by atoms with Gasteiger partial charge in [-0.15, -0.1) is 11.3 Å². The second-order valence-corrected chi connectivity index (χ2v) is 10.8. The molecule has 0 aliphatic carbocycles. The number of fused-ring (bicyclic) bond motifs is 1. The number of carbonyl (C=O) groups excluding carboxylic acids is 1. The van der Waals surface area contributed by atoms with E-state index >= 15 is 0 Å². The lowest BCUT2D eigenvalue weighted by Crippen LogP contribution is -2.46. The fourth-order valence-corrected chi connectivity index (χ4v) is 6.74. The fourth-order valence-electron chi connectivity index (χ4n) is 3.39. The Morgan fingerprint density at radius 1 is 1.37 bits per heavy atom. The number of sulfone groups is 1. The van der Waals surface area contributed by atoms with Crippen molar-refractivity contribution < 1.29 is 13.2 Å². The zero-order chi connectivity index (χ0) is 19.4. The Hall–Kier alpha value is -1.90. The first-order valence-electron chi connectivity index (χ1n) is 8.44. The highest BCUT2D eigenvalue weighted by Crippen LogP contribution is 2.32. The SMILES string of the molecule is Cc1nn(-c2cccc(Cl)c2)c2sc(C(=O)NC3(C)CCS(=O)(=O)C3)cc12. The molecular formula is C18H18ClN3O3S2. The van der Waals surface area contributed by atoms with Gasteiger partial charge in [-0.1, -0.05) is 17.7 Å². The first-order chi connectivity index (χ1) is 12.7. The maximum atomic E-state index is 12.8. The number of hydrogen-bond acceptors (Lipinski definition) is 5. The summed E-state index contributed by atoms with van der Waals surface area (Å²) in [4.78, 5) is 14.1. The number of aryl methyl sites for hydroxylation is 1. The van der Waals surface area contributed by atoms with Crippen molar-refractivity contribution in [1.82, 2.24) is 15.1 Å². The van der Waals surface area contributed by atoms with Crippen molar-refractivity contribution in [3.05, 3.63) is 45.9 Å². The standard InChI is InChI=1S/C18H18ClN3O3S2/c1-11-14-9-15(16(23)20-18(2)6-7-27(24,25)10-18)26-17(14)22(21-11)13-5-3-4-12(19)8-13/h3-5,8-9H,6-7,10H2,1-2H3,(H,20,23). The number of amides is 1. The van der Waals surface area contributed by atoms with Gasteiger partial charge in [0.05, 0.1) is 33.3 Å². The molecule has 1 unspecified atom stereocenters. The van der Waals surface area contributed by atoms with Crippen LogP contribution in [0.1, 0.15) is 28.7 Å². The minimum Gasteiger partial charge on any atom is -0.345 e. The zero-order valence-corrected chi connectivity index (χ0v) is 17.2. The van der Waals surface area contributed by atoms with Gasteiger partial charge < -0.3 is 5.32 Å². The molecule has 1 amide bonds. The molecule has 6 nitrogen and oxygen atoms in total. The molecule has 0 spiro atoms. The summed E-state index contributed by atoms with van der Waals surface area (Å²) < 4.78 is 25.3. The molecule has 142 valence electrons. The highest BCUT2D eigenvalue weighted by molar-refractivity contribution is 7.91. The lowest BCUT2D eigenvalue weighted by Gasteiger charge is -2.23. The largest absolute Gasteiger partial charge is 0.345 e. The van der Waals surface area contributed by atoms with Gasteiger partial charge in [0, 0.05) is 10.4 Å². The topological polar surface area (TPSA) is 81.1 Å². The monoisotopic (exact) mass is 423 g/mol. The van der Waals surface area contributed by atoms with Crippen LogP contribution >= 0.6 is 22.9 Å². The maximum Gasteiger partial charge on any atom is 0.261 e. The van der Waals surface area contributed by atoms with Crippen molar-refractivity contribution in [3.63, 3.8) is 0 Å². The van der Waals surface area contributed by atoms with Crippen LogP contribution in [0.15, 0.2) is 30.3 Å². The average Bonchev–Trinajstić information content (AvgIpc) is 3.21. The summed E-state index contributed by atoms with van der Waals surface area (Å²) >= 11 is 7.42. The van der Waals surface area contributed by atoms with E-state index in [0.29, 0.717) is 16.3 Å². The van der Waals surface area contributed by atoms with E-state index in [4.69, 9.17) is 11.6 Å². The first kappa shape index (κ1) is 18.5. The molecule has 2 aromatic heterocycles. The van der Waals surface area contributed by atoms with Gasteiger partial charge >= 0.3 is 0 Å². The zero-order valence-electron chi connectivity index (χ0n) is 14.8. The molecule has 1 fully saturated rings. The smallest absolute Gasteiger partial charge is 0.261 e. The van der Waals surface area contributed by atoms with Gasteiger partial charge in [0.25, 0.3) is 5.91 Å². The molecule has 27 heavy (non-hydrogen) atoms. The molecule has 1 atom stereocenters. The van der Waals surface area contributed by atoms with Crippen LogP contribution in [0.5, 0.6) is 0 Å². The Labute approximate surface area is 166 Å². The Morgan fingerprint density at radius 3 is 2.81 bits per heavy atom. The Kier molecular flexibility index (Phi) is 4.32. The summed E-state index contributed by atoms with van der Waals surface area (Å²) in [6.45, 7) is 3.67. The Bertz CT molecular complexity index is 1170. The molecule has 0 bridgehead atoms. The van der Waals surface area contributed by atoms with E-state index in [1.165, 1.54) is 11.3 Å². The number of benzene rings is 1. The minimum atomic E-state index is -3.09. The van der Waals surface area contributed by atoms with E-state index in [-0.39, 0.29) is 17.4 Å².